The maximum Gasteiger partial charge on any atom is 0.417 e. The topological polar surface area (TPSA) is 33.6 Å². The highest BCUT2D eigenvalue weighted by Crippen LogP contribution is 2.48. The molecule has 9 heteroatoms. The molecule has 0 bridgehead atoms. The number of hydrogen-bond donors (Lipinski definition) is 0. The summed E-state index contributed by atoms with van der Waals surface area (Å²) in [5, 5.41) is 14.3. The highest BCUT2D eigenvalue weighted by atomic mass is 19.4. The van der Waals surface area contributed by atoms with E-state index in [9.17, 15) is 5.26 Å². The van der Waals surface area contributed by atoms with Gasteiger partial charge in [0.15, 0.2) is 0 Å². The van der Waals surface area contributed by atoms with Crippen LogP contribution in [0.5, 0.6) is 0 Å². The molecule has 0 saturated carbocycles. The second-order valence-electron chi connectivity index (χ2n) is 17.4. The molecule has 0 aliphatic heterocycles. The van der Waals surface area contributed by atoms with Crippen LogP contribution >= 0.6 is 0 Å². The smallest absolute Gasteiger partial charge is 0.307 e. The molecule has 10 aromatic rings. The molecule has 66 heavy (non-hydrogen) atoms. The fourth-order valence-corrected chi connectivity index (χ4v) is 10.6. The summed E-state index contributed by atoms with van der Waals surface area (Å²) < 4.78 is 93.9. The quantitative estimate of drug-likeness (QED) is 0.159. The monoisotopic (exact) mass is 881 g/mol. The van der Waals surface area contributed by atoms with Crippen molar-refractivity contribution >= 4 is 43.6 Å². The molecule has 0 fully saturated rings. The molecule has 0 amide bonds. The summed E-state index contributed by atoms with van der Waals surface area (Å²) >= 11 is 0. The Bertz CT molecular complexity index is 3630. The number of halogens is 6. The first-order chi connectivity index (χ1) is 31.4. The Morgan fingerprint density at radius 2 is 0.803 bits per heavy atom. The molecular formula is C57H41F6N3. The third-order valence-electron chi connectivity index (χ3n) is 12.9. The molecule has 2 aromatic heterocycles. The first-order valence-electron chi connectivity index (χ1n) is 21.5. The maximum atomic E-state index is 15.0. The van der Waals surface area contributed by atoms with Crippen molar-refractivity contribution in [3.8, 4) is 50.8 Å². The maximum absolute atomic E-state index is 15.0. The van der Waals surface area contributed by atoms with Gasteiger partial charge in [-0.05, 0) is 147 Å². The Labute approximate surface area is 377 Å². The predicted octanol–water partition coefficient (Wildman–Crippen LogP) is 16.6. The van der Waals surface area contributed by atoms with E-state index >= 15 is 26.3 Å². The molecular weight excluding hydrogens is 841 g/mol. The molecule has 0 saturated heterocycles. The number of para-hydroxylation sites is 2. The minimum Gasteiger partial charge on any atom is -0.307 e. The lowest BCUT2D eigenvalue weighted by Crippen LogP contribution is -2.15. The fraction of sp³-hybridized carbons (Fsp3) is 0.140. The Balaban J connectivity index is 1.36. The summed E-state index contributed by atoms with van der Waals surface area (Å²) in [6.07, 6.45) is -10.4. The van der Waals surface area contributed by atoms with Crippen LogP contribution in [-0.4, -0.2) is 9.13 Å². The number of aryl methyl sites for hydroxylation is 6. The number of aromatic nitrogens is 2. The van der Waals surface area contributed by atoms with Gasteiger partial charge in [-0.2, -0.15) is 31.6 Å². The first-order valence-corrected chi connectivity index (χ1v) is 21.5. The number of nitriles is 1. The molecule has 0 atom stereocenters. The molecule has 0 N–H and O–H groups in total. The third kappa shape index (κ3) is 6.74. The fourth-order valence-electron chi connectivity index (χ4n) is 10.6. The minimum absolute atomic E-state index is 0.285. The zero-order valence-corrected chi connectivity index (χ0v) is 36.9. The van der Waals surface area contributed by atoms with Crippen molar-refractivity contribution in [1.82, 2.24) is 9.13 Å². The van der Waals surface area contributed by atoms with Gasteiger partial charge in [-0.25, -0.2) is 0 Å². The van der Waals surface area contributed by atoms with Crippen molar-refractivity contribution in [1.29, 1.82) is 5.26 Å². The third-order valence-corrected chi connectivity index (χ3v) is 12.9. The number of benzene rings is 8. The van der Waals surface area contributed by atoms with Gasteiger partial charge in [0.05, 0.1) is 56.2 Å². The Hall–Kier alpha value is -7.57. The Morgan fingerprint density at radius 1 is 0.409 bits per heavy atom. The molecule has 0 aliphatic carbocycles. The van der Waals surface area contributed by atoms with Crippen LogP contribution in [0.25, 0.3) is 88.4 Å². The average molecular weight is 882 g/mol. The van der Waals surface area contributed by atoms with Crippen molar-refractivity contribution in [2.45, 2.75) is 53.9 Å². The summed E-state index contributed by atoms with van der Waals surface area (Å²) in [5.74, 6) is 0. The summed E-state index contributed by atoms with van der Waals surface area (Å²) in [6.45, 7) is 12.4. The molecule has 0 radical (unpaired) electrons. The van der Waals surface area contributed by atoms with Gasteiger partial charge >= 0.3 is 12.4 Å². The minimum atomic E-state index is -5.18. The normalized spacial score (nSPS) is 12.2. The van der Waals surface area contributed by atoms with Crippen LogP contribution in [0, 0.1) is 52.9 Å². The number of alkyl halides is 6. The van der Waals surface area contributed by atoms with Crippen LogP contribution in [0.1, 0.15) is 50.1 Å². The lowest BCUT2D eigenvalue weighted by molar-refractivity contribution is -0.142. The molecule has 0 unspecified atom stereocenters. The predicted molar refractivity (Wildman–Crippen MR) is 255 cm³/mol. The van der Waals surface area contributed by atoms with E-state index in [0.29, 0.717) is 28.9 Å². The van der Waals surface area contributed by atoms with Crippen LogP contribution in [0.3, 0.4) is 0 Å². The van der Waals surface area contributed by atoms with Gasteiger partial charge in [0.2, 0.25) is 0 Å². The number of hydrogen-bond acceptors (Lipinski definition) is 1. The Kier molecular flexibility index (Phi) is 9.81. The lowest BCUT2D eigenvalue weighted by Gasteiger charge is -2.23. The summed E-state index contributed by atoms with van der Waals surface area (Å²) in [5.41, 5.74) is 9.42. The van der Waals surface area contributed by atoms with Gasteiger partial charge in [-0.3, -0.25) is 0 Å². The Morgan fingerprint density at radius 3 is 1.21 bits per heavy atom. The molecule has 0 aliphatic rings. The highest BCUT2D eigenvalue weighted by Gasteiger charge is 2.42. The van der Waals surface area contributed by atoms with Gasteiger partial charge in [-0.15, -0.1) is 0 Å². The van der Waals surface area contributed by atoms with Gasteiger partial charge in [0.25, 0.3) is 0 Å². The summed E-state index contributed by atoms with van der Waals surface area (Å²) in [7, 11) is 0. The molecule has 326 valence electrons. The zero-order chi connectivity index (χ0) is 46.6. The van der Waals surface area contributed by atoms with Crippen molar-refractivity contribution in [2.75, 3.05) is 0 Å². The van der Waals surface area contributed by atoms with Crippen LogP contribution in [0.15, 0.2) is 140 Å². The summed E-state index contributed by atoms with van der Waals surface area (Å²) in [6, 6.07) is 43.0. The molecule has 3 nitrogen and oxygen atoms in total. The average Bonchev–Trinajstić information content (AvgIpc) is 3.76. The molecule has 10 rings (SSSR count). The standard InChI is InChI=1S/C57H41F6N3/c1-31-22-33(3)53(34(4)23-31)37-18-20-49-43(26-37)40-12-7-9-16-47(40)65(49)51-28-39(30-64)42(55-45(56(58,59)60)14-11-15-46(55)57(61,62)63)29-52(51)66-48-17-10-8-13-41(48)44-27-38(19-21-50(44)66)54-35(5)24-32(2)25-36(54)6/h7-29H,1-6H3. The van der Waals surface area contributed by atoms with Crippen LogP contribution < -0.4 is 0 Å². The number of nitrogens with zero attached hydrogens (tertiary/aromatic N) is 3. The van der Waals surface area contributed by atoms with Crippen LogP contribution in [0.2, 0.25) is 0 Å². The second kappa shape index (κ2) is 15.3. The van der Waals surface area contributed by atoms with Gasteiger partial charge < -0.3 is 9.13 Å². The van der Waals surface area contributed by atoms with E-state index < -0.39 is 34.6 Å². The molecule has 0 spiro atoms. The van der Waals surface area contributed by atoms with Crippen molar-refractivity contribution < 1.29 is 26.3 Å². The van der Waals surface area contributed by atoms with E-state index in [1.807, 2.05) is 88.0 Å². The molecule has 8 aromatic carbocycles. The number of rotatable bonds is 5. The van der Waals surface area contributed by atoms with Gasteiger partial charge in [-0.1, -0.05) is 90.0 Å². The first kappa shape index (κ1) is 42.4. The second-order valence-corrected chi connectivity index (χ2v) is 17.4. The summed E-state index contributed by atoms with van der Waals surface area (Å²) in [4.78, 5) is 0. The van der Waals surface area contributed by atoms with E-state index in [2.05, 4.69) is 77.9 Å². The van der Waals surface area contributed by atoms with Crippen molar-refractivity contribution in [3.63, 3.8) is 0 Å². The van der Waals surface area contributed by atoms with E-state index in [0.717, 1.165) is 94.3 Å². The zero-order valence-electron chi connectivity index (χ0n) is 36.9. The van der Waals surface area contributed by atoms with E-state index in [1.165, 1.54) is 12.1 Å². The van der Waals surface area contributed by atoms with Gasteiger partial charge in [0.1, 0.15) is 0 Å². The van der Waals surface area contributed by atoms with Crippen LogP contribution in [0.4, 0.5) is 26.3 Å². The van der Waals surface area contributed by atoms with E-state index in [4.69, 9.17) is 0 Å². The largest absolute Gasteiger partial charge is 0.417 e. The molecule has 2 heterocycles. The number of fused-ring (bicyclic) bond motifs is 6. The SMILES string of the molecule is Cc1cc(C)c(-c2ccc3c(c2)c2ccccc2n3-c2cc(C#N)c(-c3c(C(F)(F)F)cccc3C(F)(F)F)cc2-n2c3ccccc3c3cc(-c4c(C)cc(C)cc4C)ccc32)c(C)c1. The van der Waals surface area contributed by atoms with Crippen LogP contribution in [-0.2, 0) is 12.4 Å². The highest BCUT2D eigenvalue weighted by molar-refractivity contribution is 6.13. The van der Waals surface area contributed by atoms with Gasteiger partial charge in [0, 0.05) is 32.7 Å². The lowest BCUT2D eigenvalue weighted by atomic mass is 9.89. The van der Waals surface area contributed by atoms with E-state index in [1.54, 1.807) is 0 Å². The van der Waals surface area contributed by atoms with Crippen molar-refractivity contribution in [2.24, 2.45) is 0 Å². The van der Waals surface area contributed by atoms with E-state index in [-0.39, 0.29) is 11.3 Å². The van der Waals surface area contributed by atoms with Crippen molar-refractivity contribution in [3.05, 3.63) is 190 Å².